The highest BCUT2D eigenvalue weighted by Crippen LogP contribution is 2.32. The Morgan fingerprint density at radius 2 is 2.29 bits per heavy atom. The second-order valence-electron chi connectivity index (χ2n) is 4.64. The van der Waals surface area contributed by atoms with E-state index < -0.39 is 5.60 Å². The molecule has 90 valence electrons. The van der Waals surface area contributed by atoms with Crippen LogP contribution in [-0.4, -0.2) is 35.3 Å². The molecule has 3 rings (SSSR count). The molecule has 2 aromatic rings. The Bertz CT molecular complexity index is 625. The van der Waals surface area contributed by atoms with Gasteiger partial charge in [0, 0.05) is 7.05 Å². The zero-order valence-corrected chi connectivity index (χ0v) is 9.50. The van der Waals surface area contributed by atoms with E-state index in [0.29, 0.717) is 5.65 Å². The van der Waals surface area contributed by atoms with Gasteiger partial charge in [0.15, 0.2) is 11.2 Å². The normalized spacial score (nSPS) is 18.2. The number of aliphatic hydroxyl groups is 1. The molecule has 0 saturated heterocycles. The molecular formula is C10H13N5O2. The van der Waals surface area contributed by atoms with Crippen molar-refractivity contribution in [3.05, 3.63) is 16.7 Å². The molecule has 2 heterocycles. The third kappa shape index (κ3) is 1.54. The van der Waals surface area contributed by atoms with Gasteiger partial charge < -0.3 is 5.11 Å². The smallest absolute Gasteiger partial charge is 0.283 e. The minimum atomic E-state index is -0.749. The highest BCUT2D eigenvalue weighted by atomic mass is 16.3. The summed E-state index contributed by atoms with van der Waals surface area (Å²) in [6.45, 7) is 0.283. The van der Waals surface area contributed by atoms with Crippen molar-refractivity contribution in [3.8, 4) is 0 Å². The summed E-state index contributed by atoms with van der Waals surface area (Å²) in [7, 11) is 1.69. The highest BCUT2D eigenvalue weighted by Gasteiger charge is 2.35. The van der Waals surface area contributed by atoms with Gasteiger partial charge in [0.2, 0.25) is 0 Å². The standard InChI is InChI=1S/C10H13N5O2/c1-14-8-7(12-13-14)9(16)15(6-11-8)5-10(17)3-2-4-10/h6,17H,2-5H2,1H3. The van der Waals surface area contributed by atoms with Gasteiger partial charge in [0.25, 0.3) is 5.56 Å². The van der Waals surface area contributed by atoms with Crippen molar-refractivity contribution in [1.29, 1.82) is 0 Å². The van der Waals surface area contributed by atoms with Crippen LogP contribution in [0.4, 0.5) is 0 Å². The molecule has 0 bridgehead atoms. The van der Waals surface area contributed by atoms with E-state index in [1.165, 1.54) is 15.6 Å². The van der Waals surface area contributed by atoms with Crippen LogP contribution in [0, 0.1) is 0 Å². The Labute approximate surface area is 96.7 Å². The lowest BCUT2D eigenvalue weighted by molar-refractivity contribution is -0.0481. The van der Waals surface area contributed by atoms with Gasteiger partial charge in [-0.1, -0.05) is 5.21 Å². The number of aromatic nitrogens is 5. The molecule has 1 aliphatic rings. The van der Waals surface area contributed by atoms with Gasteiger partial charge in [-0.15, -0.1) is 5.10 Å². The van der Waals surface area contributed by atoms with E-state index in [-0.39, 0.29) is 17.6 Å². The fraction of sp³-hybridized carbons (Fsp3) is 0.600. The fourth-order valence-corrected chi connectivity index (χ4v) is 2.12. The molecule has 7 nitrogen and oxygen atoms in total. The van der Waals surface area contributed by atoms with Crippen LogP contribution in [0.5, 0.6) is 0 Å². The Balaban J connectivity index is 2.06. The molecule has 0 radical (unpaired) electrons. The number of fused-ring (bicyclic) bond motifs is 1. The van der Waals surface area contributed by atoms with Gasteiger partial charge in [-0.2, -0.15) is 0 Å². The van der Waals surface area contributed by atoms with Crippen molar-refractivity contribution in [2.24, 2.45) is 7.05 Å². The van der Waals surface area contributed by atoms with Crippen LogP contribution in [-0.2, 0) is 13.6 Å². The summed E-state index contributed by atoms with van der Waals surface area (Å²) in [6, 6.07) is 0. The molecule has 1 aliphatic carbocycles. The third-order valence-corrected chi connectivity index (χ3v) is 3.33. The first-order chi connectivity index (χ1) is 8.09. The quantitative estimate of drug-likeness (QED) is 0.754. The van der Waals surface area contributed by atoms with Crippen LogP contribution in [0.2, 0.25) is 0 Å². The predicted molar refractivity (Wildman–Crippen MR) is 59.4 cm³/mol. The maximum atomic E-state index is 12.1. The SMILES string of the molecule is Cn1nnc2c(=O)n(CC3(O)CCC3)cnc21. The zero-order chi connectivity index (χ0) is 12.0. The molecule has 1 fully saturated rings. The summed E-state index contributed by atoms with van der Waals surface area (Å²) in [5, 5.41) is 17.6. The van der Waals surface area contributed by atoms with Crippen molar-refractivity contribution >= 4 is 11.2 Å². The van der Waals surface area contributed by atoms with Gasteiger partial charge in [0.1, 0.15) is 6.33 Å². The molecule has 17 heavy (non-hydrogen) atoms. The van der Waals surface area contributed by atoms with Crippen molar-refractivity contribution in [2.45, 2.75) is 31.4 Å². The van der Waals surface area contributed by atoms with Crippen molar-refractivity contribution in [3.63, 3.8) is 0 Å². The second-order valence-corrected chi connectivity index (χ2v) is 4.64. The zero-order valence-electron chi connectivity index (χ0n) is 9.50. The number of aryl methyl sites for hydroxylation is 1. The number of nitrogens with zero attached hydrogens (tertiary/aromatic N) is 5. The van der Waals surface area contributed by atoms with Crippen LogP contribution >= 0.6 is 0 Å². The minimum Gasteiger partial charge on any atom is -0.388 e. The topological polar surface area (TPSA) is 85.8 Å². The molecule has 0 atom stereocenters. The predicted octanol–water partition coefficient (Wildman–Crippen LogP) is -0.560. The van der Waals surface area contributed by atoms with Gasteiger partial charge in [-0.3, -0.25) is 9.36 Å². The Morgan fingerprint density at radius 1 is 1.53 bits per heavy atom. The Morgan fingerprint density at radius 3 is 2.94 bits per heavy atom. The molecule has 0 aliphatic heterocycles. The third-order valence-electron chi connectivity index (χ3n) is 3.33. The first-order valence-corrected chi connectivity index (χ1v) is 5.56. The molecular weight excluding hydrogens is 222 g/mol. The van der Waals surface area contributed by atoms with E-state index >= 15 is 0 Å². The van der Waals surface area contributed by atoms with Gasteiger partial charge in [-0.25, -0.2) is 9.67 Å². The molecule has 1 saturated carbocycles. The number of hydrogen-bond donors (Lipinski definition) is 1. The van der Waals surface area contributed by atoms with Crippen LogP contribution in [0.15, 0.2) is 11.1 Å². The summed E-state index contributed by atoms with van der Waals surface area (Å²) in [5.41, 5.74) is -0.283. The van der Waals surface area contributed by atoms with Gasteiger partial charge in [0.05, 0.1) is 12.1 Å². The van der Waals surface area contributed by atoms with Gasteiger partial charge >= 0.3 is 0 Å². The van der Waals surface area contributed by atoms with Crippen molar-refractivity contribution in [2.75, 3.05) is 0 Å². The van der Waals surface area contributed by atoms with Crippen LogP contribution in [0.3, 0.4) is 0 Å². The van der Waals surface area contributed by atoms with E-state index in [2.05, 4.69) is 15.3 Å². The molecule has 0 unspecified atom stereocenters. The van der Waals surface area contributed by atoms with E-state index in [1.807, 2.05) is 0 Å². The molecule has 0 aromatic carbocycles. The highest BCUT2D eigenvalue weighted by molar-refractivity contribution is 5.67. The second kappa shape index (κ2) is 3.36. The van der Waals surface area contributed by atoms with Gasteiger partial charge in [-0.05, 0) is 19.3 Å². The van der Waals surface area contributed by atoms with E-state index in [0.717, 1.165) is 19.3 Å². The molecule has 2 aromatic heterocycles. The summed E-state index contributed by atoms with van der Waals surface area (Å²) in [6.07, 6.45) is 3.92. The summed E-state index contributed by atoms with van der Waals surface area (Å²) in [5.74, 6) is 0. The van der Waals surface area contributed by atoms with Crippen LogP contribution in [0.25, 0.3) is 11.2 Å². The number of hydrogen-bond acceptors (Lipinski definition) is 5. The monoisotopic (exact) mass is 235 g/mol. The lowest BCUT2D eigenvalue weighted by Crippen LogP contribution is -2.43. The number of rotatable bonds is 2. The molecule has 0 amide bonds. The maximum Gasteiger partial charge on any atom is 0.283 e. The summed E-state index contributed by atoms with van der Waals surface area (Å²) < 4.78 is 2.87. The van der Waals surface area contributed by atoms with Crippen molar-refractivity contribution in [1.82, 2.24) is 24.5 Å². The maximum absolute atomic E-state index is 12.1. The first kappa shape index (κ1) is 10.4. The van der Waals surface area contributed by atoms with E-state index in [1.54, 1.807) is 7.05 Å². The fourth-order valence-electron chi connectivity index (χ4n) is 2.12. The lowest BCUT2D eigenvalue weighted by Gasteiger charge is -2.36. The minimum absolute atomic E-state index is 0.247. The Hall–Kier alpha value is -1.76. The van der Waals surface area contributed by atoms with Crippen LogP contribution in [0.1, 0.15) is 19.3 Å². The van der Waals surface area contributed by atoms with Crippen molar-refractivity contribution < 1.29 is 5.11 Å². The average Bonchev–Trinajstić information content (AvgIpc) is 2.63. The lowest BCUT2D eigenvalue weighted by atomic mass is 9.80. The summed E-state index contributed by atoms with van der Waals surface area (Å²) in [4.78, 5) is 16.2. The van der Waals surface area contributed by atoms with E-state index in [9.17, 15) is 9.90 Å². The Kier molecular flexibility index (Phi) is 2.06. The van der Waals surface area contributed by atoms with Crippen LogP contribution < -0.4 is 5.56 Å². The molecule has 7 heteroatoms. The summed E-state index contributed by atoms with van der Waals surface area (Å²) >= 11 is 0. The van der Waals surface area contributed by atoms with E-state index in [4.69, 9.17) is 0 Å². The average molecular weight is 235 g/mol. The molecule has 0 spiro atoms. The first-order valence-electron chi connectivity index (χ1n) is 5.56. The molecule has 1 N–H and O–H groups in total. The largest absolute Gasteiger partial charge is 0.388 e.